The Bertz CT molecular complexity index is 762. The van der Waals surface area contributed by atoms with Crippen molar-refractivity contribution in [2.75, 3.05) is 19.0 Å². The lowest BCUT2D eigenvalue weighted by atomic mass is 10.0. The van der Waals surface area contributed by atoms with Crippen LogP contribution in [0.3, 0.4) is 0 Å². The fraction of sp³-hybridized carbons (Fsp3) is 0.368. The molecule has 0 aliphatic carbocycles. The van der Waals surface area contributed by atoms with Crippen molar-refractivity contribution in [3.05, 3.63) is 46.8 Å². The number of aryl methyl sites for hydroxylation is 1. The molecule has 134 valence electrons. The van der Waals surface area contributed by atoms with E-state index in [4.69, 9.17) is 9.47 Å². The van der Waals surface area contributed by atoms with E-state index in [1.807, 2.05) is 31.2 Å². The molecule has 2 rings (SSSR count). The van der Waals surface area contributed by atoms with Crippen LogP contribution in [0.25, 0.3) is 0 Å². The summed E-state index contributed by atoms with van der Waals surface area (Å²) in [4.78, 5) is 27.6. The first kappa shape index (κ1) is 18.6. The van der Waals surface area contributed by atoms with Gasteiger partial charge in [-0.25, -0.2) is 4.79 Å². The number of esters is 1. The lowest BCUT2D eigenvalue weighted by molar-refractivity contribution is 0.0599. The van der Waals surface area contributed by atoms with Gasteiger partial charge in [-0.2, -0.15) is 0 Å². The molecule has 0 saturated heterocycles. The van der Waals surface area contributed by atoms with E-state index in [1.54, 1.807) is 20.8 Å². The highest BCUT2D eigenvalue weighted by atomic mass is 16.5. The molecule has 0 bridgehead atoms. The normalized spacial score (nSPS) is 11.7. The third-order valence-electron chi connectivity index (χ3n) is 4.02. The number of benzene rings is 1. The number of hydrogen-bond donors (Lipinski definition) is 2. The van der Waals surface area contributed by atoms with Crippen molar-refractivity contribution in [3.63, 3.8) is 0 Å². The Labute approximate surface area is 147 Å². The lowest BCUT2D eigenvalue weighted by Gasteiger charge is -2.14. The number of anilines is 1. The number of aromatic amines is 1. The van der Waals surface area contributed by atoms with E-state index in [-0.39, 0.29) is 5.78 Å². The molecule has 0 fully saturated rings. The second kappa shape index (κ2) is 7.88. The highest BCUT2D eigenvalue weighted by Gasteiger charge is 2.25. The predicted octanol–water partition coefficient (Wildman–Crippen LogP) is 3.50. The highest BCUT2D eigenvalue weighted by Crippen LogP contribution is 2.22. The van der Waals surface area contributed by atoms with Crippen molar-refractivity contribution in [1.29, 1.82) is 0 Å². The predicted molar refractivity (Wildman–Crippen MR) is 96.6 cm³/mol. The van der Waals surface area contributed by atoms with E-state index in [2.05, 4.69) is 10.3 Å². The molecule has 1 heterocycles. The average molecular weight is 344 g/mol. The summed E-state index contributed by atoms with van der Waals surface area (Å²) in [6, 6.07) is 6.97. The van der Waals surface area contributed by atoms with Gasteiger partial charge in [0.05, 0.1) is 31.0 Å². The zero-order chi connectivity index (χ0) is 18.6. The number of ether oxygens (including phenoxy) is 2. The molecule has 1 atom stereocenters. The summed E-state index contributed by atoms with van der Waals surface area (Å²) >= 11 is 0. The van der Waals surface area contributed by atoms with E-state index < -0.39 is 12.0 Å². The van der Waals surface area contributed by atoms with Crippen molar-refractivity contribution < 1.29 is 19.1 Å². The maximum Gasteiger partial charge on any atom is 0.339 e. The number of methoxy groups -OCH3 is 1. The summed E-state index contributed by atoms with van der Waals surface area (Å²) in [7, 11) is 1.33. The molecular weight excluding hydrogens is 320 g/mol. The molecule has 25 heavy (non-hydrogen) atoms. The van der Waals surface area contributed by atoms with Crippen LogP contribution >= 0.6 is 0 Å². The van der Waals surface area contributed by atoms with Crippen molar-refractivity contribution in [2.45, 2.75) is 33.7 Å². The van der Waals surface area contributed by atoms with Crippen molar-refractivity contribution in [3.8, 4) is 5.75 Å². The minimum atomic E-state index is -0.458. The Morgan fingerprint density at radius 1 is 1.20 bits per heavy atom. The maximum atomic E-state index is 12.7. The van der Waals surface area contributed by atoms with Gasteiger partial charge < -0.3 is 19.8 Å². The van der Waals surface area contributed by atoms with Gasteiger partial charge in [0.15, 0.2) is 0 Å². The Balaban J connectivity index is 2.16. The molecule has 2 aromatic rings. The van der Waals surface area contributed by atoms with Gasteiger partial charge in [-0.05, 0) is 57.5 Å². The molecule has 0 unspecified atom stereocenters. The van der Waals surface area contributed by atoms with Crippen molar-refractivity contribution in [2.24, 2.45) is 0 Å². The molecule has 0 amide bonds. The molecule has 0 radical (unpaired) electrons. The molecule has 1 aromatic carbocycles. The second-order valence-electron chi connectivity index (χ2n) is 5.80. The first-order valence-corrected chi connectivity index (χ1v) is 8.20. The van der Waals surface area contributed by atoms with E-state index in [9.17, 15) is 9.59 Å². The molecule has 6 nitrogen and oxygen atoms in total. The van der Waals surface area contributed by atoms with Gasteiger partial charge >= 0.3 is 5.97 Å². The Morgan fingerprint density at radius 3 is 2.40 bits per heavy atom. The van der Waals surface area contributed by atoms with Crippen LogP contribution in [0.5, 0.6) is 5.75 Å². The van der Waals surface area contributed by atoms with Gasteiger partial charge in [0.2, 0.25) is 5.78 Å². The Kier molecular flexibility index (Phi) is 5.85. The Morgan fingerprint density at radius 2 is 1.84 bits per heavy atom. The SMILES string of the molecule is CCOc1ccc(N[C@H](C)C(=O)c2[nH]c(C)c(C(=O)OC)c2C)cc1. The van der Waals surface area contributed by atoms with Gasteiger partial charge in [-0.3, -0.25) is 4.79 Å². The smallest absolute Gasteiger partial charge is 0.339 e. The second-order valence-corrected chi connectivity index (χ2v) is 5.80. The summed E-state index contributed by atoms with van der Waals surface area (Å²) in [5, 5.41) is 3.17. The number of Topliss-reactive ketones (excluding diaryl/α,β-unsaturated/α-hetero) is 1. The molecule has 2 N–H and O–H groups in total. The van der Waals surface area contributed by atoms with E-state index in [0.717, 1.165) is 11.4 Å². The molecule has 0 aliphatic heterocycles. The fourth-order valence-electron chi connectivity index (χ4n) is 2.75. The summed E-state index contributed by atoms with van der Waals surface area (Å²) < 4.78 is 10.2. The molecule has 6 heteroatoms. The average Bonchev–Trinajstić information content (AvgIpc) is 2.90. The molecule has 1 aromatic heterocycles. The minimum Gasteiger partial charge on any atom is -0.494 e. The summed E-state index contributed by atoms with van der Waals surface area (Å²) in [5.41, 5.74) is 2.89. The van der Waals surface area contributed by atoms with Crippen LogP contribution in [-0.4, -0.2) is 36.5 Å². The van der Waals surface area contributed by atoms with Crippen LogP contribution in [0.4, 0.5) is 5.69 Å². The van der Waals surface area contributed by atoms with E-state index in [1.165, 1.54) is 7.11 Å². The first-order chi connectivity index (χ1) is 11.9. The third-order valence-corrected chi connectivity index (χ3v) is 4.02. The van der Waals surface area contributed by atoms with Gasteiger partial charge in [0.1, 0.15) is 5.75 Å². The third kappa shape index (κ3) is 4.02. The summed E-state index contributed by atoms with van der Waals surface area (Å²) in [6.45, 7) is 7.81. The number of hydrogen-bond acceptors (Lipinski definition) is 5. The van der Waals surface area contributed by atoms with Gasteiger partial charge in [-0.1, -0.05) is 0 Å². The lowest BCUT2D eigenvalue weighted by Crippen LogP contribution is -2.27. The monoisotopic (exact) mass is 344 g/mol. The van der Waals surface area contributed by atoms with Crippen molar-refractivity contribution >= 4 is 17.4 Å². The largest absolute Gasteiger partial charge is 0.494 e. The maximum absolute atomic E-state index is 12.7. The van der Waals surface area contributed by atoms with Crippen LogP contribution < -0.4 is 10.1 Å². The standard InChI is InChI=1S/C19H24N2O4/c1-6-25-15-9-7-14(8-10-15)20-13(4)18(22)17-11(2)16(12(3)21-17)19(23)24-5/h7-10,13,20-21H,6H2,1-5H3/t13-/m1/s1. The molecule has 0 spiro atoms. The number of rotatable bonds is 7. The van der Waals surface area contributed by atoms with E-state index in [0.29, 0.717) is 29.1 Å². The van der Waals surface area contributed by atoms with Crippen LogP contribution in [0.1, 0.15) is 46.0 Å². The van der Waals surface area contributed by atoms with Gasteiger partial charge in [0, 0.05) is 11.4 Å². The Hall–Kier alpha value is -2.76. The van der Waals surface area contributed by atoms with E-state index >= 15 is 0 Å². The van der Waals surface area contributed by atoms with Crippen LogP contribution in [0, 0.1) is 13.8 Å². The number of carbonyl (C=O) groups is 2. The minimum absolute atomic E-state index is 0.121. The zero-order valence-corrected chi connectivity index (χ0v) is 15.2. The zero-order valence-electron chi connectivity index (χ0n) is 15.2. The van der Waals surface area contributed by atoms with Gasteiger partial charge in [-0.15, -0.1) is 0 Å². The number of carbonyl (C=O) groups excluding carboxylic acids is 2. The number of H-pyrrole nitrogens is 1. The van der Waals surface area contributed by atoms with Crippen LogP contribution in [0.2, 0.25) is 0 Å². The van der Waals surface area contributed by atoms with Crippen LogP contribution in [0.15, 0.2) is 24.3 Å². The highest BCUT2D eigenvalue weighted by molar-refractivity contribution is 6.04. The molecular formula is C19H24N2O4. The number of aromatic nitrogens is 1. The quantitative estimate of drug-likeness (QED) is 0.593. The summed E-state index contributed by atoms with van der Waals surface area (Å²) in [5.74, 6) is 0.215. The van der Waals surface area contributed by atoms with Crippen LogP contribution in [-0.2, 0) is 4.74 Å². The fourth-order valence-corrected chi connectivity index (χ4v) is 2.75. The number of nitrogens with one attached hydrogen (secondary N) is 2. The van der Waals surface area contributed by atoms with Crippen molar-refractivity contribution in [1.82, 2.24) is 4.98 Å². The molecule has 0 aliphatic rings. The molecule has 0 saturated carbocycles. The van der Waals surface area contributed by atoms with Gasteiger partial charge in [0.25, 0.3) is 0 Å². The number of ketones is 1. The summed E-state index contributed by atoms with van der Waals surface area (Å²) in [6.07, 6.45) is 0. The first-order valence-electron chi connectivity index (χ1n) is 8.20. The topological polar surface area (TPSA) is 80.4 Å².